The molecule has 1 N–H and O–H groups in total. The normalized spacial score (nSPS) is 23.9. The van der Waals surface area contributed by atoms with Crippen LogP contribution in [0.2, 0.25) is 0 Å². The van der Waals surface area contributed by atoms with E-state index in [0.29, 0.717) is 11.9 Å². The maximum absolute atomic E-state index is 12.7. The molecule has 20 heavy (non-hydrogen) atoms. The number of hydrogen-bond acceptors (Lipinski definition) is 2. The molecular weight excluding hydrogens is 272 g/mol. The maximum Gasteiger partial charge on any atom is 0.229 e. The quantitative estimate of drug-likeness (QED) is 0.927. The third-order valence-corrected chi connectivity index (χ3v) is 4.35. The van der Waals surface area contributed by atoms with Gasteiger partial charge in [0.05, 0.1) is 5.41 Å². The van der Waals surface area contributed by atoms with E-state index in [0.717, 1.165) is 38.9 Å². The molecule has 1 atom stereocenters. The lowest BCUT2D eigenvalue weighted by atomic mass is 9.94. The van der Waals surface area contributed by atoms with Crippen LogP contribution in [0.5, 0.6) is 0 Å². The Hall–Kier alpha value is -1.06. The molecule has 3 nitrogen and oxygen atoms in total. The number of carbonyl (C=O) groups is 1. The van der Waals surface area contributed by atoms with E-state index < -0.39 is 0 Å². The molecule has 1 aliphatic heterocycles. The summed E-state index contributed by atoms with van der Waals surface area (Å²) in [5, 5.41) is 3.39. The molecule has 1 amide bonds. The van der Waals surface area contributed by atoms with Crippen molar-refractivity contribution in [1.29, 1.82) is 0 Å². The van der Waals surface area contributed by atoms with Gasteiger partial charge in [-0.05, 0) is 31.7 Å². The summed E-state index contributed by atoms with van der Waals surface area (Å²) in [5.41, 5.74) is 1.20. The average Bonchev–Trinajstić information content (AvgIpc) is 3.20. The van der Waals surface area contributed by atoms with Crippen molar-refractivity contribution in [2.45, 2.75) is 32.2 Å². The van der Waals surface area contributed by atoms with E-state index >= 15 is 0 Å². The SMILES string of the molecule is CC1CN(C(=O)C2(Cc3ccccc3)CC2)CCN1.Cl. The van der Waals surface area contributed by atoms with Crippen LogP contribution in [0, 0.1) is 5.41 Å². The Morgan fingerprint density at radius 2 is 2.05 bits per heavy atom. The molecular formula is C16H23ClN2O. The van der Waals surface area contributed by atoms with Crippen molar-refractivity contribution in [2.75, 3.05) is 19.6 Å². The van der Waals surface area contributed by atoms with Crippen molar-refractivity contribution >= 4 is 18.3 Å². The molecule has 3 rings (SSSR count). The zero-order valence-electron chi connectivity index (χ0n) is 12.0. The second-order valence-corrected chi connectivity index (χ2v) is 6.05. The van der Waals surface area contributed by atoms with Crippen molar-refractivity contribution in [3.8, 4) is 0 Å². The Morgan fingerprint density at radius 1 is 1.35 bits per heavy atom. The number of piperazine rings is 1. The van der Waals surface area contributed by atoms with Gasteiger partial charge in [0.15, 0.2) is 0 Å². The minimum Gasteiger partial charge on any atom is -0.339 e. The van der Waals surface area contributed by atoms with Gasteiger partial charge in [-0.3, -0.25) is 4.79 Å². The van der Waals surface area contributed by atoms with Crippen molar-refractivity contribution in [1.82, 2.24) is 10.2 Å². The first-order valence-electron chi connectivity index (χ1n) is 7.26. The largest absolute Gasteiger partial charge is 0.339 e. The number of halogens is 1. The minimum absolute atomic E-state index is 0. The molecule has 1 aliphatic carbocycles. The van der Waals surface area contributed by atoms with Gasteiger partial charge in [0, 0.05) is 25.7 Å². The summed E-state index contributed by atoms with van der Waals surface area (Å²) in [4.78, 5) is 14.8. The Labute approximate surface area is 127 Å². The molecule has 0 spiro atoms. The summed E-state index contributed by atoms with van der Waals surface area (Å²) in [5.74, 6) is 0.379. The number of rotatable bonds is 3. The Balaban J connectivity index is 0.00000147. The van der Waals surface area contributed by atoms with Crippen LogP contribution in [0.1, 0.15) is 25.3 Å². The lowest BCUT2D eigenvalue weighted by molar-refractivity contribution is -0.138. The number of nitrogens with one attached hydrogen (secondary N) is 1. The number of amides is 1. The van der Waals surface area contributed by atoms with Gasteiger partial charge in [-0.2, -0.15) is 0 Å². The highest BCUT2D eigenvalue weighted by Crippen LogP contribution is 2.50. The van der Waals surface area contributed by atoms with Crippen LogP contribution in [-0.2, 0) is 11.2 Å². The fourth-order valence-electron chi connectivity index (χ4n) is 3.06. The Kier molecular flexibility index (Phi) is 4.71. The first-order valence-corrected chi connectivity index (χ1v) is 7.26. The van der Waals surface area contributed by atoms with Gasteiger partial charge in [0.2, 0.25) is 5.91 Å². The molecule has 2 fully saturated rings. The molecule has 1 heterocycles. The summed E-state index contributed by atoms with van der Waals surface area (Å²) >= 11 is 0. The second kappa shape index (κ2) is 6.15. The van der Waals surface area contributed by atoms with Crippen LogP contribution in [-0.4, -0.2) is 36.5 Å². The van der Waals surface area contributed by atoms with E-state index in [1.807, 2.05) is 6.07 Å². The molecule has 4 heteroatoms. The lowest BCUT2D eigenvalue weighted by Gasteiger charge is -2.34. The smallest absolute Gasteiger partial charge is 0.229 e. The monoisotopic (exact) mass is 294 g/mol. The molecule has 0 radical (unpaired) electrons. The molecule has 1 saturated carbocycles. The van der Waals surface area contributed by atoms with Crippen LogP contribution in [0.3, 0.4) is 0 Å². The Bertz CT molecular complexity index is 459. The highest BCUT2D eigenvalue weighted by molar-refractivity contribution is 5.86. The zero-order chi connectivity index (χ0) is 13.3. The minimum atomic E-state index is -0.0849. The lowest BCUT2D eigenvalue weighted by Crippen LogP contribution is -2.53. The van der Waals surface area contributed by atoms with Gasteiger partial charge >= 0.3 is 0 Å². The van der Waals surface area contributed by atoms with Crippen LogP contribution >= 0.6 is 12.4 Å². The zero-order valence-corrected chi connectivity index (χ0v) is 12.8. The summed E-state index contributed by atoms with van der Waals surface area (Å²) in [7, 11) is 0. The van der Waals surface area contributed by atoms with E-state index in [9.17, 15) is 4.79 Å². The third-order valence-electron chi connectivity index (χ3n) is 4.35. The topological polar surface area (TPSA) is 32.3 Å². The van der Waals surface area contributed by atoms with Crippen LogP contribution < -0.4 is 5.32 Å². The van der Waals surface area contributed by atoms with Crippen LogP contribution in [0.15, 0.2) is 30.3 Å². The van der Waals surface area contributed by atoms with E-state index in [4.69, 9.17) is 0 Å². The van der Waals surface area contributed by atoms with Crippen molar-refractivity contribution < 1.29 is 4.79 Å². The Morgan fingerprint density at radius 3 is 2.65 bits per heavy atom. The first kappa shape index (κ1) is 15.3. The average molecular weight is 295 g/mol. The van der Waals surface area contributed by atoms with Gasteiger partial charge < -0.3 is 10.2 Å². The highest BCUT2D eigenvalue weighted by Gasteiger charge is 2.51. The van der Waals surface area contributed by atoms with E-state index in [-0.39, 0.29) is 17.8 Å². The van der Waals surface area contributed by atoms with E-state index in [1.165, 1.54) is 5.56 Å². The first-order chi connectivity index (χ1) is 9.20. The molecule has 110 valence electrons. The number of nitrogens with zero attached hydrogens (tertiary/aromatic N) is 1. The van der Waals surface area contributed by atoms with Crippen molar-refractivity contribution in [3.05, 3.63) is 35.9 Å². The third kappa shape index (κ3) is 3.15. The van der Waals surface area contributed by atoms with Gasteiger partial charge in [0.1, 0.15) is 0 Å². The molecule has 2 aliphatic rings. The molecule has 1 aromatic carbocycles. The number of benzene rings is 1. The fourth-order valence-corrected chi connectivity index (χ4v) is 3.06. The van der Waals surface area contributed by atoms with Crippen LogP contribution in [0.25, 0.3) is 0 Å². The second-order valence-electron chi connectivity index (χ2n) is 6.05. The van der Waals surface area contributed by atoms with E-state index in [1.54, 1.807) is 0 Å². The fraction of sp³-hybridized carbons (Fsp3) is 0.562. The van der Waals surface area contributed by atoms with Crippen molar-refractivity contribution in [3.63, 3.8) is 0 Å². The standard InChI is InChI=1S/C16H22N2O.ClH/c1-13-12-18(10-9-17-13)15(19)16(7-8-16)11-14-5-3-2-4-6-14;/h2-6,13,17H,7-12H2,1H3;1H. The summed E-state index contributed by atoms with van der Waals surface area (Å²) in [6.07, 6.45) is 3.02. The van der Waals surface area contributed by atoms with Crippen LogP contribution in [0.4, 0.5) is 0 Å². The summed E-state index contributed by atoms with van der Waals surface area (Å²) in [6, 6.07) is 10.8. The van der Waals surface area contributed by atoms with E-state index in [2.05, 4.69) is 41.4 Å². The summed E-state index contributed by atoms with van der Waals surface area (Å²) in [6.45, 7) is 4.79. The van der Waals surface area contributed by atoms with Gasteiger partial charge in [-0.1, -0.05) is 30.3 Å². The molecule has 1 saturated heterocycles. The highest BCUT2D eigenvalue weighted by atomic mass is 35.5. The van der Waals surface area contributed by atoms with Gasteiger partial charge in [0.25, 0.3) is 0 Å². The van der Waals surface area contributed by atoms with Crippen molar-refractivity contribution in [2.24, 2.45) is 5.41 Å². The predicted molar refractivity (Wildman–Crippen MR) is 83.1 cm³/mol. The molecule has 1 aromatic rings. The number of hydrogen-bond donors (Lipinski definition) is 1. The maximum atomic E-state index is 12.7. The molecule has 0 aromatic heterocycles. The van der Waals surface area contributed by atoms with Gasteiger partial charge in [-0.15, -0.1) is 12.4 Å². The summed E-state index contributed by atoms with van der Waals surface area (Å²) < 4.78 is 0. The molecule has 0 bridgehead atoms. The molecule has 1 unspecified atom stereocenters. The number of carbonyl (C=O) groups excluding carboxylic acids is 1. The van der Waals surface area contributed by atoms with Gasteiger partial charge in [-0.25, -0.2) is 0 Å². The predicted octanol–water partition coefficient (Wildman–Crippen LogP) is 2.25.